The molecule has 0 saturated carbocycles. The number of hydrogen-bond acceptors (Lipinski definition) is 3. The van der Waals surface area contributed by atoms with Crippen LogP contribution in [-0.4, -0.2) is 16.3 Å². The molecule has 0 fully saturated rings. The highest BCUT2D eigenvalue weighted by Crippen LogP contribution is 2.35. The number of rotatable bonds is 1. The number of aromatic nitrogens is 1. The zero-order valence-electron chi connectivity index (χ0n) is 6.09. The largest absolute Gasteiger partial charge is 0.419 e. The molecule has 0 saturated heterocycles. The quantitative estimate of drug-likeness (QED) is 0.747. The first-order valence-corrected chi connectivity index (χ1v) is 3.95. The Hall–Kier alpha value is -0.620. The Balaban J connectivity index is 2.92. The Morgan fingerprint density at radius 2 is 2.17 bits per heavy atom. The van der Waals surface area contributed by atoms with Crippen molar-refractivity contribution in [3.05, 3.63) is 16.1 Å². The van der Waals surface area contributed by atoms with E-state index in [0.29, 0.717) is 0 Å². The molecule has 1 aromatic rings. The van der Waals surface area contributed by atoms with E-state index < -0.39 is 12.3 Å². The summed E-state index contributed by atoms with van der Waals surface area (Å²) < 4.78 is 35.8. The van der Waals surface area contributed by atoms with Crippen LogP contribution in [0.5, 0.6) is 0 Å². The molecular formula is C6H6F3NOS. The first-order valence-electron chi connectivity index (χ1n) is 3.07. The van der Waals surface area contributed by atoms with Crippen LogP contribution in [0.4, 0.5) is 13.2 Å². The normalized spacial score (nSPS) is 14.8. The minimum Gasteiger partial charge on any atom is -0.379 e. The van der Waals surface area contributed by atoms with Crippen molar-refractivity contribution in [2.75, 3.05) is 0 Å². The number of aliphatic hydroxyl groups excluding tert-OH is 1. The Morgan fingerprint density at radius 1 is 1.58 bits per heavy atom. The lowest BCUT2D eigenvalue weighted by Crippen LogP contribution is -2.19. The average Bonchev–Trinajstić information content (AvgIpc) is 2.31. The van der Waals surface area contributed by atoms with Crippen LogP contribution in [0.1, 0.15) is 16.7 Å². The van der Waals surface area contributed by atoms with E-state index in [9.17, 15) is 13.2 Å². The van der Waals surface area contributed by atoms with Gasteiger partial charge in [-0.25, -0.2) is 4.98 Å². The van der Waals surface area contributed by atoms with E-state index in [1.54, 1.807) is 0 Å². The molecule has 1 rings (SSSR count). The summed E-state index contributed by atoms with van der Waals surface area (Å²) in [6.45, 7) is 1.43. The molecule has 0 amide bonds. The molecule has 68 valence electrons. The highest BCUT2D eigenvalue weighted by molar-refractivity contribution is 7.09. The number of alkyl halides is 3. The van der Waals surface area contributed by atoms with Gasteiger partial charge >= 0.3 is 6.18 Å². The first-order chi connectivity index (χ1) is 5.43. The van der Waals surface area contributed by atoms with Crippen LogP contribution in [-0.2, 0) is 0 Å². The summed E-state index contributed by atoms with van der Waals surface area (Å²) in [5.74, 6) is 0. The minimum atomic E-state index is -4.60. The predicted octanol–water partition coefficient (Wildman–Crippen LogP) is 2.05. The van der Waals surface area contributed by atoms with Crippen molar-refractivity contribution < 1.29 is 18.3 Å². The van der Waals surface area contributed by atoms with Crippen LogP contribution < -0.4 is 0 Å². The maximum Gasteiger partial charge on any atom is 0.419 e. The van der Waals surface area contributed by atoms with E-state index in [-0.39, 0.29) is 10.6 Å². The van der Waals surface area contributed by atoms with Gasteiger partial charge in [-0.15, -0.1) is 11.3 Å². The lowest BCUT2D eigenvalue weighted by molar-refractivity contribution is -0.205. The van der Waals surface area contributed by atoms with Crippen LogP contribution in [0.15, 0.2) is 5.51 Å². The third kappa shape index (κ3) is 1.75. The van der Waals surface area contributed by atoms with Crippen LogP contribution in [0.25, 0.3) is 0 Å². The fraction of sp³-hybridized carbons (Fsp3) is 0.500. The van der Waals surface area contributed by atoms with Gasteiger partial charge in [0.25, 0.3) is 0 Å². The third-order valence-corrected chi connectivity index (χ3v) is 2.32. The van der Waals surface area contributed by atoms with Crippen molar-refractivity contribution in [3.63, 3.8) is 0 Å². The van der Waals surface area contributed by atoms with Crippen LogP contribution in [0.2, 0.25) is 0 Å². The van der Waals surface area contributed by atoms with Crippen molar-refractivity contribution in [2.24, 2.45) is 0 Å². The number of halogens is 3. The van der Waals surface area contributed by atoms with Gasteiger partial charge in [0.2, 0.25) is 0 Å². The second-order valence-corrected chi connectivity index (χ2v) is 3.13. The van der Waals surface area contributed by atoms with Crippen molar-refractivity contribution in [2.45, 2.75) is 19.2 Å². The molecule has 1 heterocycles. The monoisotopic (exact) mass is 197 g/mol. The summed E-state index contributed by atoms with van der Waals surface area (Å²) in [6, 6.07) is 0. The molecule has 1 atom stereocenters. The number of thiazole rings is 1. The van der Waals surface area contributed by atoms with Gasteiger partial charge in [-0.2, -0.15) is 13.2 Å². The molecule has 1 aromatic heterocycles. The minimum absolute atomic E-state index is 0.137. The first kappa shape index (κ1) is 9.47. The summed E-state index contributed by atoms with van der Waals surface area (Å²) in [5.41, 5.74) is 1.50. The van der Waals surface area contributed by atoms with Crippen LogP contribution >= 0.6 is 11.3 Å². The van der Waals surface area contributed by atoms with Gasteiger partial charge in [0, 0.05) is 0 Å². The molecule has 0 aliphatic heterocycles. The maximum absolute atomic E-state index is 11.9. The predicted molar refractivity (Wildman–Crippen MR) is 37.9 cm³/mol. The van der Waals surface area contributed by atoms with Crippen molar-refractivity contribution >= 4 is 11.3 Å². The van der Waals surface area contributed by atoms with Crippen molar-refractivity contribution in [1.29, 1.82) is 0 Å². The van der Waals surface area contributed by atoms with E-state index in [2.05, 4.69) is 4.98 Å². The van der Waals surface area contributed by atoms with Crippen LogP contribution in [0.3, 0.4) is 0 Å². The number of aliphatic hydroxyl groups is 1. The highest BCUT2D eigenvalue weighted by atomic mass is 32.1. The van der Waals surface area contributed by atoms with Crippen LogP contribution in [0, 0.1) is 6.92 Å². The van der Waals surface area contributed by atoms with E-state index in [4.69, 9.17) is 5.11 Å². The molecular weight excluding hydrogens is 191 g/mol. The molecule has 0 spiro atoms. The molecule has 6 heteroatoms. The van der Waals surface area contributed by atoms with Crippen molar-refractivity contribution in [1.82, 2.24) is 4.98 Å². The molecule has 0 aromatic carbocycles. The fourth-order valence-corrected chi connectivity index (χ4v) is 1.53. The smallest absolute Gasteiger partial charge is 0.379 e. The molecule has 0 bridgehead atoms. The topological polar surface area (TPSA) is 33.1 Å². The van der Waals surface area contributed by atoms with Gasteiger partial charge in [0.15, 0.2) is 6.10 Å². The van der Waals surface area contributed by atoms with Gasteiger partial charge in [-0.3, -0.25) is 0 Å². The second kappa shape index (κ2) is 3.02. The number of nitrogens with zero attached hydrogens (tertiary/aromatic N) is 1. The average molecular weight is 197 g/mol. The Labute approximate surface area is 70.7 Å². The van der Waals surface area contributed by atoms with E-state index in [1.807, 2.05) is 0 Å². The summed E-state index contributed by atoms with van der Waals surface area (Å²) in [5, 5.41) is 8.77. The summed E-state index contributed by atoms with van der Waals surface area (Å²) >= 11 is 0.803. The fourth-order valence-electron chi connectivity index (χ4n) is 0.722. The third-order valence-electron chi connectivity index (χ3n) is 1.34. The lowest BCUT2D eigenvalue weighted by atomic mass is 10.2. The molecule has 12 heavy (non-hydrogen) atoms. The molecule has 0 radical (unpaired) electrons. The molecule has 2 nitrogen and oxygen atoms in total. The summed E-state index contributed by atoms with van der Waals surface area (Å²) in [6.07, 6.45) is -7.00. The van der Waals surface area contributed by atoms with E-state index in [1.165, 1.54) is 12.4 Å². The summed E-state index contributed by atoms with van der Waals surface area (Å²) in [4.78, 5) is 3.47. The number of hydrogen-bond donors (Lipinski definition) is 1. The lowest BCUT2D eigenvalue weighted by Gasteiger charge is -2.12. The number of aryl methyl sites for hydroxylation is 1. The van der Waals surface area contributed by atoms with Gasteiger partial charge in [0.05, 0.1) is 16.1 Å². The Morgan fingerprint density at radius 3 is 2.50 bits per heavy atom. The second-order valence-electron chi connectivity index (χ2n) is 2.25. The SMILES string of the molecule is Cc1ncsc1C(O)C(F)(F)F. The van der Waals surface area contributed by atoms with Gasteiger partial charge in [-0.05, 0) is 6.92 Å². The maximum atomic E-state index is 11.9. The van der Waals surface area contributed by atoms with Gasteiger partial charge < -0.3 is 5.11 Å². The van der Waals surface area contributed by atoms with E-state index in [0.717, 1.165) is 11.3 Å². The van der Waals surface area contributed by atoms with Gasteiger partial charge in [-0.1, -0.05) is 0 Å². The Kier molecular flexibility index (Phi) is 2.39. The van der Waals surface area contributed by atoms with E-state index >= 15 is 0 Å². The summed E-state index contributed by atoms with van der Waals surface area (Å²) in [7, 11) is 0. The molecule has 0 aliphatic rings. The van der Waals surface area contributed by atoms with Gasteiger partial charge in [0.1, 0.15) is 0 Å². The zero-order chi connectivity index (χ0) is 9.35. The zero-order valence-corrected chi connectivity index (χ0v) is 6.91. The highest BCUT2D eigenvalue weighted by Gasteiger charge is 2.41. The molecule has 1 unspecified atom stereocenters. The Bertz CT molecular complexity index is 270. The standard InChI is InChI=1S/C6H6F3NOS/c1-3-4(12-2-10-3)5(11)6(7,8)9/h2,5,11H,1H3. The molecule has 0 aliphatic carbocycles. The van der Waals surface area contributed by atoms with Crippen molar-refractivity contribution in [3.8, 4) is 0 Å². The molecule has 1 N–H and O–H groups in total.